The summed E-state index contributed by atoms with van der Waals surface area (Å²) >= 11 is 1.63. The fraction of sp³-hybridized carbons (Fsp3) is 0.280. The van der Waals surface area contributed by atoms with Crippen LogP contribution in [0.4, 0.5) is 0 Å². The predicted octanol–water partition coefficient (Wildman–Crippen LogP) is 4.38. The van der Waals surface area contributed by atoms with E-state index in [1.807, 2.05) is 40.6 Å². The molecule has 2 aromatic carbocycles. The van der Waals surface area contributed by atoms with Gasteiger partial charge in [-0.1, -0.05) is 18.2 Å². The Kier molecular flexibility index (Phi) is 6.62. The predicted molar refractivity (Wildman–Crippen MR) is 122 cm³/mol. The first-order valence-corrected chi connectivity index (χ1v) is 11.2. The Morgan fingerprint density at radius 2 is 1.91 bits per heavy atom. The number of amides is 1. The summed E-state index contributed by atoms with van der Waals surface area (Å²) in [5.41, 5.74) is 3.12. The maximum atomic E-state index is 13.2. The highest BCUT2D eigenvalue weighted by molar-refractivity contribution is 7.10. The lowest BCUT2D eigenvalue weighted by Gasteiger charge is -2.37. The number of methoxy groups -OCH3 is 2. The summed E-state index contributed by atoms with van der Waals surface area (Å²) in [5.74, 6) is 1.87. The molecule has 7 heteroatoms. The van der Waals surface area contributed by atoms with E-state index in [2.05, 4.69) is 12.1 Å². The molecule has 0 bridgehead atoms. The molecule has 0 radical (unpaired) electrons. The highest BCUT2D eigenvalue weighted by Crippen LogP contribution is 2.42. The minimum absolute atomic E-state index is 0.0535. The average molecular weight is 449 g/mol. The van der Waals surface area contributed by atoms with E-state index in [0.717, 1.165) is 28.0 Å². The molecule has 4 rings (SSSR count). The molecule has 1 aliphatic rings. The monoisotopic (exact) mass is 448 g/mol. The molecule has 164 valence electrons. The Morgan fingerprint density at radius 1 is 1.16 bits per heavy atom. The van der Waals surface area contributed by atoms with E-state index in [1.165, 1.54) is 0 Å². The van der Waals surface area contributed by atoms with Gasteiger partial charge in [0.2, 0.25) is 0 Å². The van der Waals surface area contributed by atoms with Crippen LogP contribution in [-0.4, -0.2) is 38.2 Å². The first-order chi connectivity index (χ1) is 15.6. The van der Waals surface area contributed by atoms with Gasteiger partial charge in [0.25, 0.3) is 5.91 Å². The minimum Gasteiger partial charge on any atom is -0.493 e. The van der Waals surface area contributed by atoms with Crippen molar-refractivity contribution >= 4 is 17.2 Å². The second kappa shape index (κ2) is 9.75. The van der Waals surface area contributed by atoms with Crippen LogP contribution in [0.1, 0.15) is 27.6 Å². The topological polar surface area (TPSA) is 71.8 Å². The molecule has 0 aliphatic carbocycles. The number of nitriles is 1. The summed E-state index contributed by atoms with van der Waals surface area (Å²) in [6, 6.07) is 17.2. The molecule has 0 saturated heterocycles. The normalized spacial score (nSPS) is 14.9. The maximum Gasteiger partial charge on any atom is 0.261 e. The van der Waals surface area contributed by atoms with E-state index in [1.54, 1.807) is 37.7 Å². The highest BCUT2D eigenvalue weighted by Gasteiger charge is 2.34. The molecule has 1 aliphatic heterocycles. The lowest BCUT2D eigenvalue weighted by molar-refractivity contribution is -0.135. The molecule has 32 heavy (non-hydrogen) atoms. The summed E-state index contributed by atoms with van der Waals surface area (Å²) < 4.78 is 16.8. The van der Waals surface area contributed by atoms with E-state index in [4.69, 9.17) is 19.5 Å². The zero-order chi connectivity index (χ0) is 22.5. The van der Waals surface area contributed by atoms with Gasteiger partial charge in [-0.05, 0) is 58.8 Å². The van der Waals surface area contributed by atoms with Gasteiger partial charge in [-0.15, -0.1) is 11.3 Å². The van der Waals surface area contributed by atoms with Crippen LogP contribution in [0.15, 0.2) is 53.9 Å². The van der Waals surface area contributed by atoms with E-state index < -0.39 is 0 Å². The Bertz CT molecular complexity index is 1120. The third-order valence-electron chi connectivity index (χ3n) is 5.58. The molecule has 1 atom stereocenters. The zero-order valence-electron chi connectivity index (χ0n) is 18.0. The van der Waals surface area contributed by atoms with Crippen LogP contribution >= 0.6 is 11.3 Å². The third-order valence-corrected chi connectivity index (χ3v) is 6.50. The summed E-state index contributed by atoms with van der Waals surface area (Å²) in [6.07, 6.45) is 1.08. The number of benzene rings is 2. The van der Waals surface area contributed by atoms with Crippen LogP contribution in [0.25, 0.3) is 0 Å². The number of ether oxygens (including phenoxy) is 3. The van der Waals surface area contributed by atoms with Crippen molar-refractivity contribution in [2.75, 3.05) is 27.4 Å². The number of thiophene rings is 1. The fourth-order valence-electron chi connectivity index (χ4n) is 3.99. The quantitative estimate of drug-likeness (QED) is 0.536. The Balaban J connectivity index is 1.58. The van der Waals surface area contributed by atoms with Gasteiger partial charge >= 0.3 is 0 Å². The molecule has 0 saturated carbocycles. The molecule has 1 unspecified atom stereocenters. The Hall–Kier alpha value is -3.50. The summed E-state index contributed by atoms with van der Waals surface area (Å²) in [5, 5.41) is 10.8. The number of fused-ring (bicyclic) bond motifs is 1. The van der Waals surface area contributed by atoms with Crippen LogP contribution in [0, 0.1) is 11.3 Å². The van der Waals surface area contributed by atoms with Crippen molar-refractivity contribution in [3.8, 4) is 23.3 Å². The second-order valence-corrected chi connectivity index (χ2v) is 8.41. The van der Waals surface area contributed by atoms with Crippen molar-refractivity contribution in [2.45, 2.75) is 18.9 Å². The van der Waals surface area contributed by atoms with Crippen LogP contribution in [0.2, 0.25) is 0 Å². The molecule has 0 N–H and O–H groups in total. The highest BCUT2D eigenvalue weighted by atomic mass is 32.1. The molecule has 0 spiro atoms. The van der Waals surface area contributed by atoms with E-state index in [0.29, 0.717) is 30.2 Å². The first-order valence-electron chi connectivity index (χ1n) is 10.3. The number of hydrogen-bond acceptors (Lipinski definition) is 6. The van der Waals surface area contributed by atoms with Gasteiger partial charge in [-0.2, -0.15) is 5.26 Å². The first kappa shape index (κ1) is 21.7. The van der Waals surface area contributed by atoms with Gasteiger partial charge in [0.15, 0.2) is 18.1 Å². The van der Waals surface area contributed by atoms with Crippen molar-refractivity contribution < 1.29 is 19.0 Å². The summed E-state index contributed by atoms with van der Waals surface area (Å²) in [7, 11) is 3.25. The van der Waals surface area contributed by atoms with Crippen LogP contribution in [0.3, 0.4) is 0 Å². The molecule has 6 nitrogen and oxygen atoms in total. The Morgan fingerprint density at radius 3 is 2.56 bits per heavy atom. The Labute approximate surface area is 191 Å². The van der Waals surface area contributed by atoms with Gasteiger partial charge in [-0.3, -0.25) is 4.79 Å². The average Bonchev–Trinajstić information content (AvgIpc) is 3.36. The third kappa shape index (κ3) is 4.41. The van der Waals surface area contributed by atoms with Crippen molar-refractivity contribution in [2.24, 2.45) is 0 Å². The second-order valence-electron chi connectivity index (χ2n) is 7.43. The largest absolute Gasteiger partial charge is 0.493 e. The number of carbonyl (C=O) groups is 1. The van der Waals surface area contributed by atoms with Crippen molar-refractivity contribution in [3.63, 3.8) is 0 Å². The van der Waals surface area contributed by atoms with Gasteiger partial charge in [-0.25, -0.2) is 0 Å². The lowest BCUT2D eigenvalue weighted by Crippen LogP contribution is -2.42. The summed E-state index contributed by atoms with van der Waals surface area (Å²) in [6.45, 7) is 0.538. The molecule has 1 aromatic heterocycles. The number of rotatable bonds is 7. The van der Waals surface area contributed by atoms with E-state index in [9.17, 15) is 4.79 Å². The molecule has 1 amide bonds. The number of nitrogens with zero attached hydrogens (tertiary/aromatic N) is 2. The van der Waals surface area contributed by atoms with Gasteiger partial charge in [0.1, 0.15) is 5.75 Å². The van der Waals surface area contributed by atoms with E-state index >= 15 is 0 Å². The standard InChI is InChI=1S/C25H24N2O4S/c1-29-21-14-18-10-12-27(24(28)16-31-19-7-5-17(6-8-19)9-11-26)25(23-4-3-13-32-23)20(18)15-22(21)30-2/h3-8,13-15,25H,9-10,12,16H2,1-2H3. The van der Waals surface area contributed by atoms with Crippen molar-refractivity contribution in [1.29, 1.82) is 5.26 Å². The van der Waals surface area contributed by atoms with Crippen LogP contribution < -0.4 is 14.2 Å². The fourth-order valence-corrected chi connectivity index (χ4v) is 4.85. The van der Waals surface area contributed by atoms with Crippen molar-refractivity contribution in [1.82, 2.24) is 4.90 Å². The maximum absolute atomic E-state index is 13.2. The van der Waals surface area contributed by atoms with Crippen LogP contribution in [0.5, 0.6) is 17.2 Å². The molecule has 2 heterocycles. The number of carbonyl (C=O) groups excluding carboxylic acids is 1. The zero-order valence-corrected chi connectivity index (χ0v) is 18.9. The molecular formula is C25H24N2O4S. The molecule has 3 aromatic rings. The molecule has 0 fully saturated rings. The van der Waals surface area contributed by atoms with Gasteiger partial charge in [0.05, 0.1) is 32.8 Å². The van der Waals surface area contributed by atoms with Gasteiger partial charge < -0.3 is 19.1 Å². The number of hydrogen-bond donors (Lipinski definition) is 0. The van der Waals surface area contributed by atoms with E-state index in [-0.39, 0.29) is 18.6 Å². The lowest BCUT2D eigenvalue weighted by atomic mass is 9.90. The minimum atomic E-state index is -0.201. The van der Waals surface area contributed by atoms with Gasteiger partial charge in [0, 0.05) is 11.4 Å². The SMILES string of the molecule is COc1cc2c(cc1OC)C(c1cccs1)N(C(=O)COc1ccc(CC#N)cc1)CC2. The van der Waals surface area contributed by atoms with Crippen molar-refractivity contribution in [3.05, 3.63) is 75.5 Å². The summed E-state index contributed by atoms with van der Waals surface area (Å²) in [4.78, 5) is 16.2. The smallest absolute Gasteiger partial charge is 0.261 e. The van der Waals surface area contributed by atoms with Crippen LogP contribution in [-0.2, 0) is 17.6 Å². The molecular weight excluding hydrogens is 424 g/mol.